The molecule has 1 aromatic rings. The molecule has 5 heteroatoms. The summed E-state index contributed by atoms with van der Waals surface area (Å²) < 4.78 is 5.61. The molecule has 21 heavy (non-hydrogen) atoms. The van der Waals surface area contributed by atoms with Gasteiger partial charge in [0, 0.05) is 30.9 Å². The van der Waals surface area contributed by atoms with Crippen molar-refractivity contribution in [2.75, 3.05) is 31.6 Å². The lowest BCUT2D eigenvalue weighted by atomic mass is 10.1. The van der Waals surface area contributed by atoms with Gasteiger partial charge in [-0.3, -0.25) is 0 Å². The van der Waals surface area contributed by atoms with Crippen LogP contribution >= 0.6 is 0 Å². The Labute approximate surface area is 127 Å². The lowest BCUT2D eigenvalue weighted by Gasteiger charge is -2.15. The Hall–Kier alpha value is -1.36. The predicted molar refractivity (Wildman–Crippen MR) is 83.7 cm³/mol. The molecule has 1 aromatic heterocycles. The zero-order valence-corrected chi connectivity index (χ0v) is 13.1. The molecule has 1 N–H and O–H groups in total. The van der Waals surface area contributed by atoms with Crippen molar-refractivity contribution in [1.29, 1.82) is 0 Å². The van der Waals surface area contributed by atoms with Crippen molar-refractivity contribution in [3.8, 4) is 5.88 Å². The summed E-state index contributed by atoms with van der Waals surface area (Å²) in [6.45, 7) is 8.23. The van der Waals surface area contributed by atoms with E-state index in [1.54, 1.807) is 0 Å². The first kappa shape index (κ1) is 14.6. The Balaban J connectivity index is 1.51. The highest BCUT2D eigenvalue weighted by Gasteiger charge is 2.34. The summed E-state index contributed by atoms with van der Waals surface area (Å²) in [7, 11) is 0. The minimum Gasteiger partial charge on any atom is -0.478 e. The number of nitrogens with zero attached hydrogens (tertiary/aromatic N) is 3. The van der Waals surface area contributed by atoms with Gasteiger partial charge in [-0.25, -0.2) is 4.98 Å². The number of nitrogens with one attached hydrogen (secondary N) is 1. The molecule has 0 amide bonds. The van der Waals surface area contributed by atoms with Crippen molar-refractivity contribution in [3.05, 3.63) is 11.8 Å². The predicted octanol–water partition coefficient (Wildman–Crippen LogP) is 2.47. The molecule has 1 saturated heterocycles. The van der Waals surface area contributed by atoms with Crippen LogP contribution in [0.3, 0.4) is 0 Å². The molecule has 0 bridgehead atoms. The van der Waals surface area contributed by atoms with E-state index in [4.69, 9.17) is 4.74 Å². The highest BCUT2D eigenvalue weighted by molar-refractivity contribution is 5.30. The number of aryl methyl sites for hydroxylation is 1. The summed E-state index contributed by atoms with van der Waals surface area (Å²) in [5.41, 5.74) is 0.949. The molecular formula is C16H26N4O. The van der Waals surface area contributed by atoms with Crippen molar-refractivity contribution in [2.45, 2.75) is 45.6 Å². The van der Waals surface area contributed by atoms with Crippen LogP contribution < -0.4 is 10.1 Å². The largest absolute Gasteiger partial charge is 0.478 e. The van der Waals surface area contributed by atoms with Crippen LogP contribution in [0.1, 0.15) is 38.3 Å². The third-order valence-corrected chi connectivity index (χ3v) is 4.21. The number of anilines is 1. The third-order valence-electron chi connectivity index (χ3n) is 4.21. The molecule has 2 fully saturated rings. The highest BCUT2D eigenvalue weighted by atomic mass is 16.5. The van der Waals surface area contributed by atoms with E-state index in [1.807, 2.05) is 13.0 Å². The zero-order chi connectivity index (χ0) is 14.7. The first-order valence-electron chi connectivity index (χ1n) is 8.21. The molecule has 116 valence electrons. The second-order valence-electron chi connectivity index (χ2n) is 6.28. The van der Waals surface area contributed by atoms with Gasteiger partial charge in [0.1, 0.15) is 0 Å². The Bertz CT molecular complexity index is 475. The minimum absolute atomic E-state index is 0.679. The fraction of sp³-hybridized carbons (Fsp3) is 0.750. The summed E-state index contributed by atoms with van der Waals surface area (Å²) in [6.07, 6.45) is 5.08. The van der Waals surface area contributed by atoms with Crippen molar-refractivity contribution in [1.82, 2.24) is 14.9 Å². The van der Waals surface area contributed by atoms with Crippen molar-refractivity contribution < 1.29 is 4.74 Å². The van der Waals surface area contributed by atoms with Gasteiger partial charge in [-0.1, -0.05) is 6.92 Å². The van der Waals surface area contributed by atoms with Crippen molar-refractivity contribution in [3.63, 3.8) is 0 Å². The quantitative estimate of drug-likeness (QED) is 0.836. The van der Waals surface area contributed by atoms with E-state index in [2.05, 4.69) is 27.1 Å². The molecular weight excluding hydrogens is 264 g/mol. The van der Waals surface area contributed by atoms with Gasteiger partial charge in [0.05, 0.1) is 6.61 Å². The van der Waals surface area contributed by atoms with Gasteiger partial charge in [-0.05, 0) is 45.1 Å². The summed E-state index contributed by atoms with van der Waals surface area (Å²) in [5, 5.41) is 3.40. The van der Waals surface area contributed by atoms with E-state index in [9.17, 15) is 0 Å². The van der Waals surface area contributed by atoms with E-state index >= 15 is 0 Å². The summed E-state index contributed by atoms with van der Waals surface area (Å²) >= 11 is 0. The topological polar surface area (TPSA) is 50.3 Å². The van der Waals surface area contributed by atoms with E-state index in [0.717, 1.165) is 30.6 Å². The van der Waals surface area contributed by atoms with Crippen LogP contribution in [0.15, 0.2) is 6.07 Å². The van der Waals surface area contributed by atoms with Gasteiger partial charge in [-0.2, -0.15) is 4.98 Å². The van der Waals surface area contributed by atoms with E-state index < -0.39 is 0 Å². The maximum Gasteiger partial charge on any atom is 0.226 e. The van der Waals surface area contributed by atoms with E-state index in [0.29, 0.717) is 18.4 Å². The van der Waals surface area contributed by atoms with Gasteiger partial charge in [-0.15, -0.1) is 0 Å². The van der Waals surface area contributed by atoms with E-state index in [1.165, 1.54) is 32.4 Å². The number of likely N-dealkylation sites (tertiary alicyclic amines) is 1. The van der Waals surface area contributed by atoms with Crippen LogP contribution in [-0.4, -0.2) is 47.2 Å². The average molecular weight is 290 g/mol. The molecule has 0 spiro atoms. The molecule has 3 rings (SSSR count). The third kappa shape index (κ3) is 4.06. The smallest absolute Gasteiger partial charge is 0.226 e. The van der Waals surface area contributed by atoms with Crippen LogP contribution in [0.4, 0.5) is 5.95 Å². The number of aromatic nitrogens is 2. The Morgan fingerprint density at radius 1 is 1.33 bits per heavy atom. The molecule has 1 atom stereocenters. The van der Waals surface area contributed by atoms with Gasteiger partial charge < -0.3 is 15.0 Å². The number of rotatable bonds is 7. The first-order chi connectivity index (χ1) is 10.2. The summed E-state index contributed by atoms with van der Waals surface area (Å²) in [6, 6.07) is 2.78. The molecule has 2 aliphatic rings. The molecule has 1 unspecified atom stereocenters. The van der Waals surface area contributed by atoms with Crippen LogP contribution in [0, 0.1) is 12.8 Å². The van der Waals surface area contributed by atoms with Crippen LogP contribution in [0.5, 0.6) is 5.88 Å². The first-order valence-corrected chi connectivity index (χ1v) is 8.21. The summed E-state index contributed by atoms with van der Waals surface area (Å²) in [4.78, 5) is 11.5. The molecule has 2 heterocycles. The normalized spacial score (nSPS) is 22.5. The van der Waals surface area contributed by atoms with Gasteiger partial charge in [0.25, 0.3) is 0 Å². The fourth-order valence-electron chi connectivity index (χ4n) is 2.94. The number of hydrogen-bond acceptors (Lipinski definition) is 5. The highest BCUT2D eigenvalue weighted by Crippen LogP contribution is 2.31. The Morgan fingerprint density at radius 3 is 2.95 bits per heavy atom. The molecule has 1 aliphatic heterocycles. The summed E-state index contributed by atoms with van der Waals surface area (Å²) in [5.74, 6) is 2.10. The lowest BCUT2D eigenvalue weighted by Crippen LogP contribution is -2.25. The van der Waals surface area contributed by atoms with Gasteiger partial charge in [0.15, 0.2) is 0 Å². The van der Waals surface area contributed by atoms with Crippen LogP contribution in [0.25, 0.3) is 0 Å². The fourth-order valence-corrected chi connectivity index (χ4v) is 2.94. The standard InChI is InChI=1S/C16H26N4O/c1-3-8-21-15-9-12(2)18-16(19-15)17-10-13-6-7-20(11-13)14-4-5-14/h9,13-14H,3-8,10-11H2,1-2H3,(H,17,18,19). The maximum atomic E-state index is 5.61. The zero-order valence-electron chi connectivity index (χ0n) is 13.1. The lowest BCUT2D eigenvalue weighted by molar-refractivity contribution is 0.304. The second kappa shape index (κ2) is 6.60. The molecule has 0 aromatic carbocycles. The number of ether oxygens (including phenoxy) is 1. The minimum atomic E-state index is 0.679. The Morgan fingerprint density at radius 2 is 2.19 bits per heavy atom. The second-order valence-corrected chi connectivity index (χ2v) is 6.28. The Kier molecular flexibility index (Phi) is 4.58. The molecule has 5 nitrogen and oxygen atoms in total. The SMILES string of the molecule is CCCOc1cc(C)nc(NCC2CCN(C3CC3)C2)n1. The monoisotopic (exact) mass is 290 g/mol. The average Bonchev–Trinajstić information content (AvgIpc) is 3.21. The van der Waals surface area contributed by atoms with Crippen LogP contribution in [0.2, 0.25) is 0 Å². The van der Waals surface area contributed by atoms with Gasteiger partial charge in [0.2, 0.25) is 11.8 Å². The van der Waals surface area contributed by atoms with Crippen molar-refractivity contribution in [2.24, 2.45) is 5.92 Å². The van der Waals surface area contributed by atoms with Crippen molar-refractivity contribution >= 4 is 5.95 Å². The molecule has 1 aliphatic carbocycles. The van der Waals surface area contributed by atoms with E-state index in [-0.39, 0.29) is 0 Å². The van der Waals surface area contributed by atoms with Crippen LogP contribution in [-0.2, 0) is 0 Å². The molecule has 0 radical (unpaired) electrons. The maximum absolute atomic E-state index is 5.61. The van der Waals surface area contributed by atoms with Gasteiger partial charge >= 0.3 is 0 Å². The number of hydrogen-bond donors (Lipinski definition) is 1. The molecule has 1 saturated carbocycles.